The number of nitrogens with one attached hydrogen (secondary N) is 1. The van der Waals surface area contributed by atoms with E-state index in [1.165, 1.54) is 11.6 Å². The Bertz CT molecular complexity index is 1430. The number of ether oxygens (including phenoxy) is 2. The van der Waals surface area contributed by atoms with Crippen molar-refractivity contribution in [3.05, 3.63) is 82.9 Å². The molecule has 0 aliphatic carbocycles. The fourth-order valence-electron chi connectivity index (χ4n) is 4.91. The Kier molecular flexibility index (Phi) is 8.09. The van der Waals surface area contributed by atoms with Crippen molar-refractivity contribution in [2.75, 3.05) is 37.7 Å². The van der Waals surface area contributed by atoms with E-state index in [1.54, 1.807) is 29.2 Å². The lowest BCUT2D eigenvalue weighted by molar-refractivity contribution is 0.0627. The molecule has 1 amide bonds. The van der Waals surface area contributed by atoms with Crippen molar-refractivity contribution in [3.8, 4) is 11.5 Å². The Balaban J connectivity index is 1.21. The largest absolute Gasteiger partial charge is 0.454 e. The molecule has 1 saturated heterocycles. The Morgan fingerprint density at radius 3 is 2.36 bits per heavy atom. The first kappa shape index (κ1) is 27.0. The number of carbonyl (C=O) groups excluding carboxylic acids is 1. The maximum atomic E-state index is 13.4. The summed E-state index contributed by atoms with van der Waals surface area (Å²) < 4.78 is 39.8. The third-order valence-corrected chi connectivity index (χ3v) is 8.66. The molecule has 0 radical (unpaired) electrons. The van der Waals surface area contributed by atoms with Crippen LogP contribution in [0.4, 0.5) is 5.69 Å². The summed E-state index contributed by atoms with van der Waals surface area (Å²) in [6.07, 6.45) is 3.18. The molecule has 1 fully saturated rings. The molecule has 0 spiro atoms. The minimum atomic E-state index is -3.84. The molecule has 9 heteroatoms. The Morgan fingerprint density at radius 1 is 0.897 bits per heavy atom. The van der Waals surface area contributed by atoms with Gasteiger partial charge in [0.15, 0.2) is 11.5 Å². The molecule has 206 valence electrons. The SMILES string of the molecule is CCCCc1ccc(NS(=O)(=O)c2ccc(C)c(C(=O)N3CCN(Cc4ccc5c(c4)OCO5)CC3)c2)cc1. The molecule has 2 aliphatic heterocycles. The average Bonchev–Trinajstić information content (AvgIpc) is 3.41. The van der Waals surface area contributed by atoms with Crippen LogP contribution in [0.3, 0.4) is 0 Å². The molecule has 8 nitrogen and oxygen atoms in total. The number of fused-ring (bicyclic) bond motifs is 1. The van der Waals surface area contributed by atoms with Gasteiger partial charge in [-0.2, -0.15) is 0 Å². The topological polar surface area (TPSA) is 88.2 Å². The number of anilines is 1. The smallest absolute Gasteiger partial charge is 0.261 e. The fraction of sp³-hybridized carbons (Fsp3) is 0.367. The van der Waals surface area contributed by atoms with Crippen LogP contribution >= 0.6 is 0 Å². The monoisotopic (exact) mass is 549 g/mol. The molecule has 0 bridgehead atoms. The maximum Gasteiger partial charge on any atom is 0.261 e. The van der Waals surface area contributed by atoms with Gasteiger partial charge < -0.3 is 14.4 Å². The zero-order valence-corrected chi connectivity index (χ0v) is 23.3. The van der Waals surface area contributed by atoms with Crippen LogP contribution in [0, 0.1) is 6.92 Å². The second kappa shape index (κ2) is 11.7. The predicted molar refractivity (Wildman–Crippen MR) is 151 cm³/mol. The van der Waals surface area contributed by atoms with E-state index in [1.807, 2.05) is 37.3 Å². The standard InChI is InChI=1S/C30H35N3O5S/c1-3-4-5-23-7-10-25(11-8-23)31-39(35,36)26-12-6-22(2)27(19-26)30(34)33-16-14-32(15-17-33)20-24-9-13-28-29(18-24)38-21-37-28/h6-13,18-19,31H,3-5,14-17,20-21H2,1-2H3. The van der Waals surface area contributed by atoms with Gasteiger partial charge in [0.05, 0.1) is 4.90 Å². The number of unbranched alkanes of at least 4 members (excludes halogenated alkanes) is 1. The van der Waals surface area contributed by atoms with E-state index in [2.05, 4.69) is 16.5 Å². The first-order chi connectivity index (χ1) is 18.8. The van der Waals surface area contributed by atoms with Crippen molar-refractivity contribution >= 4 is 21.6 Å². The van der Waals surface area contributed by atoms with Gasteiger partial charge >= 0.3 is 0 Å². The van der Waals surface area contributed by atoms with Gasteiger partial charge in [0.2, 0.25) is 6.79 Å². The highest BCUT2D eigenvalue weighted by molar-refractivity contribution is 7.92. The second-order valence-electron chi connectivity index (χ2n) is 10.1. The average molecular weight is 550 g/mol. The van der Waals surface area contributed by atoms with Gasteiger partial charge in [-0.25, -0.2) is 8.42 Å². The molecular weight excluding hydrogens is 514 g/mol. The normalized spacial score (nSPS) is 15.4. The fourth-order valence-corrected chi connectivity index (χ4v) is 5.99. The van der Waals surface area contributed by atoms with Crippen molar-refractivity contribution in [2.45, 2.75) is 44.6 Å². The van der Waals surface area contributed by atoms with Gasteiger partial charge in [-0.05, 0) is 72.9 Å². The minimum absolute atomic E-state index is 0.0768. The Hall–Kier alpha value is -3.56. The molecule has 2 heterocycles. The quantitative estimate of drug-likeness (QED) is 0.412. The third kappa shape index (κ3) is 6.37. The number of benzene rings is 3. The molecule has 39 heavy (non-hydrogen) atoms. The number of amides is 1. The third-order valence-electron chi connectivity index (χ3n) is 7.28. The summed E-state index contributed by atoms with van der Waals surface area (Å²) in [5.74, 6) is 1.39. The lowest BCUT2D eigenvalue weighted by Gasteiger charge is -2.35. The van der Waals surface area contributed by atoms with Gasteiger partial charge in [-0.15, -0.1) is 0 Å². The summed E-state index contributed by atoms with van der Waals surface area (Å²) in [7, 11) is -3.84. The summed E-state index contributed by atoms with van der Waals surface area (Å²) in [5.41, 5.74) is 3.98. The van der Waals surface area contributed by atoms with Crippen molar-refractivity contribution in [1.82, 2.24) is 9.80 Å². The van der Waals surface area contributed by atoms with Gasteiger partial charge in [-0.3, -0.25) is 14.4 Å². The summed E-state index contributed by atoms with van der Waals surface area (Å²) >= 11 is 0. The van der Waals surface area contributed by atoms with Crippen LogP contribution in [-0.4, -0.2) is 57.1 Å². The van der Waals surface area contributed by atoms with E-state index < -0.39 is 10.0 Å². The molecule has 0 unspecified atom stereocenters. The molecule has 0 aromatic heterocycles. The predicted octanol–water partition coefficient (Wildman–Crippen LogP) is 4.83. The number of hydrogen-bond acceptors (Lipinski definition) is 6. The lowest BCUT2D eigenvalue weighted by atomic mass is 10.1. The molecule has 2 aliphatic rings. The maximum absolute atomic E-state index is 13.4. The van der Waals surface area contributed by atoms with Gasteiger partial charge in [0, 0.05) is 44.0 Å². The van der Waals surface area contributed by atoms with Crippen molar-refractivity contribution in [3.63, 3.8) is 0 Å². The molecule has 0 saturated carbocycles. The highest BCUT2D eigenvalue weighted by atomic mass is 32.2. The number of sulfonamides is 1. The number of piperazine rings is 1. The van der Waals surface area contributed by atoms with E-state index in [0.29, 0.717) is 24.3 Å². The van der Waals surface area contributed by atoms with Crippen LogP contribution in [0.2, 0.25) is 0 Å². The van der Waals surface area contributed by atoms with Gasteiger partial charge in [0.25, 0.3) is 15.9 Å². The second-order valence-corrected chi connectivity index (χ2v) is 11.8. The van der Waals surface area contributed by atoms with E-state index >= 15 is 0 Å². The highest BCUT2D eigenvalue weighted by Crippen LogP contribution is 2.33. The first-order valence-corrected chi connectivity index (χ1v) is 14.9. The van der Waals surface area contributed by atoms with Gasteiger partial charge in [-0.1, -0.05) is 37.6 Å². The molecule has 5 rings (SSSR count). The van der Waals surface area contributed by atoms with Crippen molar-refractivity contribution in [2.24, 2.45) is 0 Å². The first-order valence-electron chi connectivity index (χ1n) is 13.4. The number of carbonyl (C=O) groups is 1. The summed E-state index contributed by atoms with van der Waals surface area (Å²) in [6.45, 7) is 7.60. The molecule has 0 atom stereocenters. The number of aryl methyl sites for hydroxylation is 2. The van der Waals surface area contributed by atoms with Crippen molar-refractivity contribution in [1.29, 1.82) is 0 Å². The minimum Gasteiger partial charge on any atom is -0.454 e. The number of rotatable bonds is 9. The molecular formula is C30H35N3O5S. The Labute approximate surface area is 230 Å². The summed E-state index contributed by atoms with van der Waals surface area (Å²) in [5, 5.41) is 0. The molecule has 3 aromatic rings. The zero-order valence-electron chi connectivity index (χ0n) is 22.5. The molecule has 3 aromatic carbocycles. The Morgan fingerprint density at radius 2 is 1.62 bits per heavy atom. The molecule has 1 N–H and O–H groups in total. The van der Waals surface area contributed by atoms with Crippen LogP contribution in [0.25, 0.3) is 0 Å². The van der Waals surface area contributed by atoms with Crippen LogP contribution in [0.1, 0.15) is 46.8 Å². The van der Waals surface area contributed by atoms with Crippen LogP contribution in [0.5, 0.6) is 11.5 Å². The van der Waals surface area contributed by atoms with Crippen LogP contribution < -0.4 is 14.2 Å². The van der Waals surface area contributed by atoms with E-state index in [0.717, 1.165) is 61.5 Å². The number of nitrogens with zero attached hydrogens (tertiary/aromatic N) is 2. The van der Waals surface area contributed by atoms with Crippen LogP contribution in [0.15, 0.2) is 65.6 Å². The van der Waals surface area contributed by atoms with Gasteiger partial charge in [0.1, 0.15) is 0 Å². The van der Waals surface area contributed by atoms with Crippen LogP contribution in [-0.2, 0) is 23.0 Å². The lowest BCUT2D eigenvalue weighted by Crippen LogP contribution is -2.48. The summed E-state index contributed by atoms with van der Waals surface area (Å²) in [6, 6.07) is 18.2. The van der Waals surface area contributed by atoms with E-state index in [-0.39, 0.29) is 17.6 Å². The van der Waals surface area contributed by atoms with E-state index in [4.69, 9.17) is 9.47 Å². The highest BCUT2D eigenvalue weighted by Gasteiger charge is 2.25. The van der Waals surface area contributed by atoms with Crippen molar-refractivity contribution < 1.29 is 22.7 Å². The zero-order chi connectivity index (χ0) is 27.4. The van der Waals surface area contributed by atoms with E-state index in [9.17, 15) is 13.2 Å². The summed E-state index contributed by atoms with van der Waals surface area (Å²) in [4.78, 5) is 17.6. The number of hydrogen-bond donors (Lipinski definition) is 1.